The second kappa shape index (κ2) is 7.40. The number of rotatable bonds is 4. The second-order valence-electron chi connectivity index (χ2n) is 5.07. The third-order valence-corrected chi connectivity index (χ3v) is 5.74. The minimum atomic E-state index is -3.55. The molecule has 2 rings (SSSR count). The maximum Gasteiger partial charge on any atom is 0.244 e. The van der Waals surface area contributed by atoms with Gasteiger partial charge in [0.2, 0.25) is 15.9 Å². The molecule has 0 spiro atoms. The summed E-state index contributed by atoms with van der Waals surface area (Å²) in [5.74, 6) is 0.668. The molecular weight excluding hydrogens is 314 g/mol. The minimum absolute atomic E-state index is 0. The lowest BCUT2D eigenvalue weighted by molar-refractivity contribution is 0.192. The highest BCUT2D eigenvalue weighted by Gasteiger charge is 2.36. The lowest BCUT2D eigenvalue weighted by atomic mass is 9.93. The van der Waals surface area contributed by atoms with Crippen molar-refractivity contribution in [1.82, 2.24) is 9.29 Å². The summed E-state index contributed by atoms with van der Waals surface area (Å²) in [6.45, 7) is 2.90. The maximum atomic E-state index is 12.7. The summed E-state index contributed by atoms with van der Waals surface area (Å²) >= 11 is 0. The summed E-state index contributed by atoms with van der Waals surface area (Å²) < 4.78 is 31.8. The third kappa shape index (κ3) is 3.66. The van der Waals surface area contributed by atoms with Gasteiger partial charge in [-0.05, 0) is 24.8 Å². The van der Waals surface area contributed by atoms with Gasteiger partial charge in [0.05, 0.1) is 13.3 Å². The van der Waals surface area contributed by atoms with Crippen molar-refractivity contribution >= 4 is 22.4 Å². The summed E-state index contributed by atoms with van der Waals surface area (Å²) in [5.41, 5.74) is 5.76. The molecule has 2 heterocycles. The molecule has 1 aliphatic heterocycles. The van der Waals surface area contributed by atoms with E-state index in [1.54, 1.807) is 6.07 Å². The maximum absolute atomic E-state index is 12.7. The molecule has 1 aromatic heterocycles. The Kier molecular flexibility index (Phi) is 6.40. The molecule has 0 radical (unpaired) electrons. The normalized spacial score (nSPS) is 23.4. The number of methoxy groups -OCH3 is 1. The van der Waals surface area contributed by atoms with Gasteiger partial charge in [0.15, 0.2) is 0 Å². The van der Waals surface area contributed by atoms with Gasteiger partial charge in [0, 0.05) is 25.2 Å². The average Bonchev–Trinajstić information content (AvgIpc) is 2.47. The van der Waals surface area contributed by atoms with Gasteiger partial charge in [-0.1, -0.05) is 6.92 Å². The Bertz CT molecular complexity index is 550. The molecule has 120 valence electrons. The predicted molar refractivity (Wildman–Crippen MR) is 83.2 cm³/mol. The molecule has 0 saturated carbocycles. The predicted octanol–water partition coefficient (Wildman–Crippen LogP) is 1.26. The highest BCUT2D eigenvalue weighted by molar-refractivity contribution is 7.89. The van der Waals surface area contributed by atoms with Gasteiger partial charge in [-0.25, -0.2) is 13.4 Å². The fraction of sp³-hybridized carbons (Fsp3) is 0.615. The molecule has 8 heteroatoms. The first-order chi connectivity index (χ1) is 9.50. The van der Waals surface area contributed by atoms with Crippen molar-refractivity contribution in [3.05, 3.63) is 18.3 Å². The van der Waals surface area contributed by atoms with E-state index in [0.29, 0.717) is 19.0 Å². The van der Waals surface area contributed by atoms with E-state index in [-0.39, 0.29) is 29.3 Å². The Hall–Kier alpha value is -0.890. The van der Waals surface area contributed by atoms with Gasteiger partial charge in [0.1, 0.15) is 4.90 Å². The van der Waals surface area contributed by atoms with Crippen LogP contribution in [0.4, 0.5) is 0 Å². The first-order valence-electron chi connectivity index (χ1n) is 6.72. The van der Waals surface area contributed by atoms with Crippen LogP contribution in [-0.2, 0) is 10.0 Å². The van der Waals surface area contributed by atoms with Crippen LogP contribution in [-0.4, -0.2) is 43.9 Å². The minimum Gasteiger partial charge on any atom is -0.481 e. The number of hydrogen-bond donors (Lipinski definition) is 1. The SMILES string of the molecule is COc1ccc(S(=O)(=O)N2CCCC(C)C2CN)cn1.Cl. The van der Waals surface area contributed by atoms with Gasteiger partial charge in [-0.2, -0.15) is 4.31 Å². The topological polar surface area (TPSA) is 85.5 Å². The summed E-state index contributed by atoms with van der Waals surface area (Å²) in [7, 11) is -2.05. The number of halogens is 1. The molecule has 1 aromatic rings. The molecule has 2 atom stereocenters. The van der Waals surface area contributed by atoms with E-state index < -0.39 is 10.0 Å². The molecule has 21 heavy (non-hydrogen) atoms. The summed E-state index contributed by atoms with van der Waals surface area (Å²) in [6, 6.07) is 2.93. The molecular formula is C13H22ClN3O3S. The van der Waals surface area contributed by atoms with Crippen molar-refractivity contribution in [1.29, 1.82) is 0 Å². The van der Waals surface area contributed by atoms with E-state index in [4.69, 9.17) is 10.5 Å². The largest absolute Gasteiger partial charge is 0.481 e. The third-order valence-electron chi connectivity index (χ3n) is 3.83. The first kappa shape index (κ1) is 18.2. The smallest absolute Gasteiger partial charge is 0.244 e. The van der Waals surface area contributed by atoms with E-state index in [9.17, 15) is 8.42 Å². The van der Waals surface area contributed by atoms with Crippen LogP contribution in [0.15, 0.2) is 23.2 Å². The van der Waals surface area contributed by atoms with Gasteiger partial charge in [-0.3, -0.25) is 0 Å². The standard InChI is InChI=1S/C13H21N3O3S.ClH/c1-10-4-3-7-16(12(10)8-14)20(17,18)11-5-6-13(19-2)15-9-11;/h5-6,9-10,12H,3-4,7-8,14H2,1-2H3;1H. The van der Waals surface area contributed by atoms with Crippen molar-refractivity contribution in [3.63, 3.8) is 0 Å². The van der Waals surface area contributed by atoms with Crippen LogP contribution in [0.2, 0.25) is 0 Å². The quantitative estimate of drug-likeness (QED) is 0.895. The number of nitrogens with zero attached hydrogens (tertiary/aromatic N) is 2. The molecule has 0 bridgehead atoms. The van der Waals surface area contributed by atoms with Crippen LogP contribution in [0.5, 0.6) is 5.88 Å². The van der Waals surface area contributed by atoms with Crippen LogP contribution in [0.25, 0.3) is 0 Å². The van der Waals surface area contributed by atoms with Crippen LogP contribution in [0.3, 0.4) is 0 Å². The zero-order valence-electron chi connectivity index (χ0n) is 12.2. The number of hydrogen-bond acceptors (Lipinski definition) is 5. The first-order valence-corrected chi connectivity index (χ1v) is 8.16. The molecule has 2 N–H and O–H groups in total. The Morgan fingerprint density at radius 2 is 2.19 bits per heavy atom. The van der Waals surface area contributed by atoms with E-state index in [1.165, 1.54) is 23.7 Å². The van der Waals surface area contributed by atoms with Crippen LogP contribution >= 0.6 is 12.4 Å². The van der Waals surface area contributed by atoms with Crippen LogP contribution < -0.4 is 10.5 Å². The fourth-order valence-corrected chi connectivity index (χ4v) is 4.35. The highest BCUT2D eigenvalue weighted by atomic mass is 35.5. The fourth-order valence-electron chi connectivity index (χ4n) is 2.63. The van der Waals surface area contributed by atoms with E-state index >= 15 is 0 Å². The highest BCUT2D eigenvalue weighted by Crippen LogP contribution is 2.28. The number of pyridine rings is 1. The number of aromatic nitrogens is 1. The molecule has 0 aliphatic carbocycles. The molecule has 1 aliphatic rings. The zero-order valence-corrected chi connectivity index (χ0v) is 13.9. The molecule has 1 saturated heterocycles. The van der Waals surface area contributed by atoms with Gasteiger partial charge < -0.3 is 10.5 Å². The Morgan fingerprint density at radius 3 is 2.71 bits per heavy atom. The van der Waals surface area contributed by atoms with Gasteiger partial charge >= 0.3 is 0 Å². The van der Waals surface area contributed by atoms with Crippen molar-refractivity contribution in [2.24, 2.45) is 11.7 Å². The number of nitrogens with two attached hydrogens (primary N) is 1. The molecule has 0 aromatic carbocycles. The van der Waals surface area contributed by atoms with E-state index in [2.05, 4.69) is 4.98 Å². The van der Waals surface area contributed by atoms with Crippen molar-refractivity contribution in [2.75, 3.05) is 20.2 Å². The lowest BCUT2D eigenvalue weighted by Crippen LogP contribution is -2.51. The number of piperidine rings is 1. The monoisotopic (exact) mass is 335 g/mol. The van der Waals surface area contributed by atoms with Crippen molar-refractivity contribution in [2.45, 2.75) is 30.7 Å². The molecule has 1 fully saturated rings. The lowest BCUT2D eigenvalue weighted by Gasteiger charge is -2.38. The Balaban J connectivity index is 0.00000220. The summed E-state index contributed by atoms with van der Waals surface area (Å²) in [5, 5.41) is 0. The molecule has 0 amide bonds. The summed E-state index contributed by atoms with van der Waals surface area (Å²) in [6.07, 6.45) is 3.20. The Labute approximate surface area is 132 Å². The summed E-state index contributed by atoms with van der Waals surface area (Å²) in [4.78, 5) is 4.15. The van der Waals surface area contributed by atoms with Crippen molar-refractivity contribution in [3.8, 4) is 5.88 Å². The van der Waals surface area contributed by atoms with Gasteiger partial charge in [0.25, 0.3) is 0 Å². The zero-order chi connectivity index (χ0) is 14.8. The van der Waals surface area contributed by atoms with Gasteiger partial charge in [-0.15, -0.1) is 12.4 Å². The Morgan fingerprint density at radius 1 is 1.48 bits per heavy atom. The van der Waals surface area contributed by atoms with E-state index in [1.807, 2.05) is 6.92 Å². The van der Waals surface area contributed by atoms with Crippen molar-refractivity contribution < 1.29 is 13.2 Å². The number of sulfonamides is 1. The van der Waals surface area contributed by atoms with E-state index in [0.717, 1.165) is 12.8 Å². The van der Waals surface area contributed by atoms with Crippen LogP contribution in [0.1, 0.15) is 19.8 Å². The van der Waals surface area contributed by atoms with Crippen LogP contribution in [0, 0.1) is 5.92 Å². The molecule has 6 nitrogen and oxygen atoms in total. The molecule has 2 unspecified atom stereocenters. The average molecular weight is 336 g/mol. The number of ether oxygens (including phenoxy) is 1. The second-order valence-corrected chi connectivity index (χ2v) is 6.97.